The SMILES string of the molecule is O=C([O-])CC(CS(=O)(=O)[O-])C(=O)[O-].[Na+].[Na+].[Na+]. The van der Waals surface area contributed by atoms with Crippen LogP contribution in [0.3, 0.4) is 0 Å². The Morgan fingerprint density at radius 3 is 1.62 bits per heavy atom. The van der Waals surface area contributed by atoms with Gasteiger partial charge in [-0.25, -0.2) is 8.42 Å². The second kappa shape index (κ2) is 11.9. The zero-order valence-corrected chi connectivity index (χ0v) is 16.1. The van der Waals surface area contributed by atoms with Crippen LogP contribution >= 0.6 is 0 Å². The second-order valence-electron chi connectivity index (χ2n) is 2.32. The van der Waals surface area contributed by atoms with E-state index in [1.54, 1.807) is 0 Å². The number of hydrogen-bond acceptors (Lipinski definition) is 7. The summed E-state index contributed by atoms with van der Waals surface area (Å²) >= 11 is 0. The van der Waals surface area contributed by atoms with Crippen molar-refractivity contribution in [3.8, 4) is 0 Å². The quantitative estimate of drug-likeness (QED) is 0.359. The molecule has 0 bridgehead atoms. The topological polar surface area (TPSA) is 137 Å². The fraction of sp³-hybridized carbons (Fsp3) is 0.600. The summed E-state index contributed by atoms with van der Waals surface area (Å²) in [5.74, 6) is -6.81. The van der Waals surface area contributed by atoms with Crippen molar-refractivity contribution < 1.29 is 121 Å². The Morgan fingerprint density at radius 1 is 1.06 bits per heavy atom. The van der Waals surface area contributed by atoms with Crippen molar-refractivity contribution in [2.45, 2.75) is 6.42 Å². The fourth-order valence-electron chi connectivity index (χ4n) is 0.658. The molecular formula is C5H5Na3O7S. The molecule has 0 aliphatic rings. The van der Waals surface area contributed by atoms with E-state index in [0.717, 1.165) is 0 Å². The van der Waals surface area contributed by atoms with E-state index in [2.05, 4.69) is 0 Å². The number of carbonyl (C=O) groups is 2. The van der Waals surface area contributed by atoms with Gasteiger partial charge in [0.1, 0.15) is 0 Å². The van der Waals surface area contributed by atoms with E-state index in [0.29, 0.717) is 0 Å². The molecule has 11 heteroatoms. The second-order valence-corrected chi connectivity index (χ2v) is 3.77. The van der Waals surface area contributed by atoms with E-state index in [1.165, 1.54) is 0 Å². The zero-order valence-electron chi connectivity index (χ0n) is 9.26. The van der Waals surface area contributed by atoms with Crippen molar-refractivity contribution in [3.05, 3.63) is 0 Å². The van der Waals surface area contributed by atoms with Gasteiger partial charge in [0, 0.05) is 23.6 Å². The predicted octanol–water partition coefficient (Wildman–Crippen LogP) is -13.0. The van der Waals surface area contributed by atoms with Gasteiger partial charge in [-0.15, -0.1) is 0 Å². The first-order valence-corrected chi connectivity index (χ1v) is 4.64. The normalized spacial score (nSPS) is 11.1. The van der Waals surface area contributed by atoms with Gasteiger partial charge in [-0.05, 0) is 6.42 Å². The van der Waals surface area contributed by atoms with Crippen molar-refractivity contribution >= 4 is 22.1 Å². The monoisotopic (exact) mass is 278 g/mol. The summed E-state index contributed by atoms with van der Waals surface area (Å²) in [4.78, 5) is 20.0. The summed E-state index contributed by atoms with van der Waals surface area (Å²) in [6, 6.07) is 0. The van der Waals surface area contributed by atoms with Gasteiger partial charge in [0.2, 0.25) is 0 Å². The Morgan fingerprint density at radius 2 is 1.44 bits per heavy atom. The molecule has 0 aromatic carbocycles. The van der Waals surface area contributed by atoms with Crippen LogP contribution in [-0.4, -0.2) is 30.7 Å². The van der Waals surface area contributed by atoms with Gasteiger partial charge in [-0.1, -0.05) is 0 Å². The Labute approximate surface area is 159 Å². The first kappa shape index (κ1) is 26.4. The Hall–Kier alpha value is 1.85. The molecule has 0 saturated carbocycles. The van der Waals surface area contributed by atoms with Crippen molar-refractivity contribution in [2.75, 3.05) is 5.75 Å². The van der Waals surface area contributed by atoms with E-state index >= 15 is 0 Å². The van der Waals surface area contributed by atoms with Gasteiger partial charge in [0.15, 0.2) is 0 Å². The predicted molar refractivity (Wildman–Crippen MR) is 32.7 cm³/mol. The Balaban J connectivity index is -0.000000240. The fourth-order valence-corrected chi connectivity index (χ4v) is 1.40. The van der Waals surface area contributed by atoms with Crippen molar-refractivity contribution in [1.82, 2.24) is 0 Å². The molecule has 76 valence electrons. The molecule has 0 amide bonds. The molecule has 0 heterocycles. The molecule has 16 heavy (non-hydrogen) atoms. The van der Waals surface area contributed by atoms with Crippen LogP contribution in [0.5, 0.6) is 0 Å². The van der Waals surface area contributed by atoms with E-state index in [-0.39, 0.29) is 88.7 Å². The Bertz CT molecular complexity index is 314. The summed E-state index contributed by atoms with van der Waals surface area (Å²) in [6.07, 6.45) is -1.05. The minimum atomic E-state index is -4.78. The molecule has 0 fully saturated rings. The number of carboxylic acids is 2. The molecule has 0 rings (SSSR count). The minimum absolute atomic E-state index is 0. The summed E-state index contributed by atoms with van der Waals surface area (Å²) in [7, 11) is -4.78. The van der Waals surface area contributed by atoms with Crippen LogP contribution in [0.2, 0.25) is 0 Å². The van der Waals surface area contributed by atoms with E-state index < -0.39 is 40.1 Å². The first-order valence-electron chi connectivity index (χ1n) is 3.06. The smallest absolute Gasteiger partial charge is 0.748 e. The molecule has 0 spiro atoms. The van der Waals surface area contributed by atoms with E-state index in [9.17, 15) is 32.8 Å². The largest absolute Gasteiger partial charge is 1.00 e. The van der Waals surface area contributed by atoms with Crippen LogP contribution in [0.15, 0.2) is 0 Å². The molecule has 0 aliphatic heterocycles. The standard InChI is InChI=1S/C5H8O7S.3Na/c6-4(7)1-3(5(8)9)2-13(10,11)12;;;/h3H,1-2H2,(H,6,7)(H,8,9)(H,10,11,12);;;/q;3*+1/p-3. The number of carbonyl (C=O) groups excluding carboxylic acids is 2. The van der Waals surface area contributed by atoms with Gasteiger partial charge in [0.25, 0.3) is 0 Å². The van der Waals surface area contributed by atoms with Crippen LogP contribution in [0.1, 0.15) is 6.42 Å². The van der Waals surface area contributed by atoms with Crippen LogP contribution < -0.4 is 98.9 Å². The third-order valence-electron chi connectivity index (χ3n) is 1.15. The molecule has 1 atom stereocenters. The third-order valence-corrected chi connectivity index (χ3v) is 1.96. The third kappa shape index (κ3) is 15.9. The number of carboxylic acid groups (broad SMARTS) is 2. The van der Waals surface area contributed by atoms with Crippen LogP contribution in [0, 0.1) is 5.92 Å². The number of rotatable bonds is 5. The van der Waals surface area contributed by atoms with Crippen molar-refractivity contribution in [3.63, 3.8) is 0 Å². The molecule has 0 aromatic heterocycles. The van der Waals surface area contributed by atoms with Crippen LogP contribution in [0.25, 0.3) is 0 Å². The molecule has 0 saturated heterocycles. The summed E-state index contributed by atoms with van der Waals surface area (Å²) < 4.78 is 30.2. The minimum Gasteiger partial charge on any atom is -0.748 e. The van der Waals surface area contributed by atoms with E-state index in [4.69, 9.17) is 0 Å². The van der Waals surface area contributed by atoms with Crippen LogP contribution in [-0.2, 0) is 19.7 Å². The molecular weight excluding hydrogens is 273 g/mol. The van der Waals surface area contributed by atoms with Gasteiger partial charge < -0.3 is 24.4 Å². The van der Waals surface area contributed by atoms with Crippen LogP contribution in [0.4, 0.5) is 0 Å². The summed E-state index contributed by atoms with van der Waals surface area (Å²) in [5, 5.41) is 20.0. The maximum atomic E-state index is 10.1. The number of aliphatic carboxylic acids is 2. The average Bonchev–Trinajstić information content (AvgIpc) is 1.81. The van der Waals surface area contributed by atoms with E-state index in [1.807, 2.05) is 0 Å². The van der Waals surface area contributed by atoms with Crippen molar-refractivity contribution in [2.24, 2.45) is 5.92 Å². The van der Waals surface area contributed by atoms with Gasteiger partial charge in [-0.2, -0.15) is 0 Å². The van der Waals surface area contributed by atoms with Gasteiger partial charge in [0.05, 0.1) is 10.1 Å². The van der Waals surface area contributed by atoms with Gasteiger partial charge in [-0.3, -0.25) is 0 Å². The molecule has 1 unspecified atom stereocenters. The molecule has 7 nitrogen and oxygen atoms in total. The first-order chi connectivity index (χ1) is 5.72. The zero-order chi connectivity index (χ0) is 10.6. The maximum Gasteiger partial charge on any atom is 1.00 e. The molecule has 0 N–H and O–H groups in total. The summed E-state index contributed by atoms with van der Waals surface area (Å²) in [6.45, 7) is 0. The average molecular weight is 278 g/mol. The number of hydrogen-bond donors (Lipinski definition) is 0. The Kier molecular flexibility index (Phi) is 19.7. The maximum absolute atomic E-state index is 10.1. The van der Waals surface area contributed by atoms with Crippen molar-refractivity contribution in [1.29, 1.82) is 0 Å². The summed E-state index contributed by atoms with van der Waals surface area (Å²) in [5.41, 5.74) is 0. The van der Waals surface area contributed by atoms with Gasteiger partial charge >= 0.3 is 88.7 Å². The molecule has 0 radical (unpaired) electrons. The molecule has 0 aromatic rings. The molecule has 0 aliphatic carbocycles.